The Balaban J connectivity index is 1.66. The molecule has 0 fully saturated rings. The number of carbonyl (C=O) groups is 1. The van der Waals surface area contributed by atoms with E-state index in [0.29, 0.717) is 6.54 Å². The normalized spacial score (nSPS) is 19.0. The molecule has 5 nitrogen and oxygen atoms in total. The second kappa shape index (κ2) is 6.07. The highest BCUT2D eigenvalue weighted by atomic mass is 16.3. The molecule has 2 heterocycles. The summed E-state index contributed by atoms with van der Waals surface area (Å²) in [6.45, 7) is 6.82. The molecule has 2 aromatic rings. The van der Waals surface area contributed by atoms with Crippen molar-refractivity contribution in [2.24, 2.45) is 5.41 Å². The van der Waals surface area contributed by atoms with Gasteiger partial charge in [-0.25, -0.2) is 4.79 Å². The lowest BCUT2D eigenvalue weighted by Crippen LogP contribution is -2.41. The van der Waals surface area contributed by atoms with Crippen molar-refractivity contribution >= 4 is 6.03 Å². The van der Waals surface area contributed by atoms with Crippen LogP contribution in [0.15, 0.2) is 35.0 Å². The minimum atomic E-state index is -0.165. The average molecular weight is 313 g/mol. The fourth-order valence-electron chi connectivity index (χ4n) is 3.21. The van der Waals surface area contributed by atoms with Crippen LogP contribution in [0.25, 0.3) is 0 Å². The maximum absolute atomic E-state index is 12.2. The van der Waals surface area contributed by atoms with Crippen LogP contribution in [-0.2, 0) is 13.0 Å². The summed E-state index contributed by atoms with van der Waals surface area (Å²) in [5.74, 6) is 1.89. The first kappa shape index (κ1) is 15.6. The van der Waals surface area contributed by atoms with Gasteiger partial charge in [-0.15, -0.1) is 0 Å². The maximum Gasteiger partial charge on any atom is 0.315 e. The van der Waals surface area contributed by atoms with Crippen molar-refractivity contribution in [3.8, 4) is 0 Å². The van der Waals surface area contributed by atoms with Gasteiger partial charge in [-0.2, -0.15) is 0 Å². The number of pyridine rings is 1. The number of carbonyl (C=O) groups excluding carboxylic acids is 1. The van der Waals surface area contributed by atoms with Crippen LogP contribution in [0.5, 0.6) is 0 Å². The molecule has 0 radical (unpaired) electrons. The Morgan fingerprint density at radius 3 is 3.04 bits per heavy atom. The average Bonchev–Trinajstić information content (AvgIpc) is 2.85. The van der Waals surface area contributed by atoms with Crippen LogP contribution in [0.1, 0.15) is 49.0 Å². The molecule has 3 rings (SSSR count). The number of nitrogens with one attached hydrogen (secondary N) is 2. The molecule has 0 aliphatic heterocycles. The van der Waals surface area contributed by atoms with Crippen LogP contribution < -0.4 is 10.6 Å². The van der Waals surface area contributed by atoms with Gasteiger partial charge in [0.25, 0.3) is 0 Å². The van der Waals surface area contributed by atoms with E-state index in [1.807, 2.05) is 25.1 Å². The van der Waals surface area contributed by atoms with Crippen LogP contribution in [0.4, 0.5) is 4.79 Å². The van der Waals surface area contributed by atoms with Crippen molar-refractivity contribution in [2.75, 3.05) is 0 Å². The molecular weight excluding hydrogens is 290 g/mol. The molecule has 1 aliphatic rings. The summed E-state index contributed by atoms with van der Waals surface area (Å²) >= 11 is 0. The predicted octanol–water partition coefficient (Wildman–Crippen LogP) is 3.50. The van der Waals surface area contributed by atoms with Crippen molar-refractivity contribution in [3.05, 3.63) is 53.2 Å². The Morgan fingerprint density at radius 1 is 1.48 bits per heavy atom. The lowest BCUT2D eigenvalue weighted by molar-refractivity contribution is 0.214. The van der Waals surface area contributed by atoms with Gasteiger partial charge in [-0.1, -0.05) is 19.9 Å². The first-order chi connectivity index (χ1) is 10.9. The third-order valence-electron chi connectivity index (χ3n) is 4.22. The third-order valence-corrected chi connectivity index (χ3v) is 4.22. The summed E-state index contributed by atoms with van der Waals surface area (Å²) in [6, 6.07) is 5.66. The van der Waals surface area contributed by atoms with E-state index in [4.69, 9.17) is 4.42 Å². The van der Waals surface area contributed by atoms with E-state index >= 15 is 0 Å². The topological polar surface area (TPSA) is 67.2 Å². The number of furan rings is 1. The molecule has 0 aromatic carbocycles. The summed E-state index contributed by atoms with van der Waals surface area (Å²) in [5, 5.41) is 5.97. The summed E-state index contributed by atoms with van der Waals surface area (Å²) in [6.07, 6.45) is 5.28. The summed E-state index contributed by atoms with van der Waals surface area (Å²) in [7, 11) is 0. The number of aryl methyl sites for hydroxylation is 1. The second-order valence-corrected chi connectivity index (χ2v) is 7.02. The van der Waals surface area contributed by atoms with E-state index in [9.17, 15) is 4.79 Å². The molecule has 1 aliphatic carbocycles. The molecule has 1 atom stereocenters. The van der Waals surface area contributed by atoms with E-state index in [2.05, 4.69) is 29.5 Å². The molecule has 0 spiro atoms. The van der Waals surface area contributed by atoms with Gasteiger partial charge in [0.05, 0.1) is 6.04 Å². The Labute approximate surface area is 136 Å². The molecule has 2 aromatic heterocycles. The van der Waals surface area contributed by atoms with Crippen molar-refractivity contribution < 1.29 is 9.21 Å². The first-order valence-electron chi connectivity index (χ1n) is 7.95. The minimum absolute atomic E-state index is 0.0138. The molecule has 5 heteroatoms. The quantitative estimate of drug-likeness (QED) is 0.911. The summed E-state index contributed by atoms with van der Waals surface area (Å²) in [5.41, 5.74) is 2.20. The maximum atomic E-state index is 12.2. The van der Waals surface area contributed by atoms with Gasteiger partial charge in [0, 0.05) is 30.9 Å². The highest BCUT2D eigenvalue weighted by Gasteiger charge is 2.35. The van der Waals surface area contributed by atoms with Gasteiger partial charge in [0.2, 0.25) is 0 Å². The van der Waals surface area contributed by atoms with Gasteiger partial charge in [0.1, 0.15) is 11.5 Å². The zero-order valence-electron chi connectivity index (χ0n) is 13.8. The fraction of sp³-hybridized carbons (Fsp3) is 0.444. The number of rotatable bonds is 3. The van der Waals surface area contributed by atoms with Crippen LogP contribution >= 0.6 is 0 Å². The standard InChI is InChI=1S/C18H23N3O2/c1-12-7-14-15(8-18(2,3)9-16(14)23-12)21-17(22)20-11-13-5-4-6-19-10-13/h4-7,10,15H,8-9,11H2,1-3H3,(H2,20,21,22)/t15-/m1/s1. The Kier molecular flexibility index (Phi) is 4.11. The first-order valence-corrected chi connectivity index (χ1v) is 7.95. The zero-order valence-corrected chi connectivity index (χ0v) is 13.8. The zero-order chi connectivity index (χ0) is 16.4. The summed E-state index contributed by atoms with van der Waals surface area (Å²) in [4.78, 5) is 16.3. The Bertz CT molecular complexity index is 692. The highest BCUT2D eigenvalue weighted by molar-refractivity contribution is 5.74. The van der Waals surface area contributed by atoms with Gasteiger partial charge in [0.15, 0.2) is 0 Å². The molecule has 122 valence electrons. The number of amides is 2. The van der Waals surface area contributed by atoms with E-state index in [1.165, 1.54) is 0 Å². The molecule has 0 unspecified atom stereocenters. The fourth-order valence-corrected chi connectivity index (χ4v) is 3.21. The van der Waals surface area contributed by atoms with Crippen LogP contribution in [0, 0.1) is 12.3 Å². The number of fused-ring (bicyclic) bond motifs is 1. The molecular formula is C18H23N3O2. The van der Waals surface area contributed by atoms with Crippen molar-refractivity contribution in [1.29, 1.82) is 0 Å². The minimum Gasteiger partial charge on any atom is -0.466 e. The van der Waals surface area contributed by atoms with Crippen molar-refractivity contribution in [3.63, 3.8) is 0 Å². The third kappa shape index (κ3) is 3.73. The SMILES string of the molecule is Cc1cc2c(o1)CC(C)(C)C[C@H]2NC(=O)NCc1cccnc1. The number of hydrogen-bond acceptors (Lipinski definition) is 3. The number of urea groups is 1. The van der Waals surface area contributed by atoms with E-state index < -0.39 is 0 Å². The molecule has 2 N–H and O–H groups in total. The largest absolute Gasteiger partial charge is 0.466 e. The molecule has 0 bridgehead atoms. The van der Waals surface area contributed by atoms with Crippen molar-refractivity contribution in [2.45, 2.75) is 46.2 Å². The summed E-state index contributed by atoms with van der Waals surface area (Å²) < 4.78 is 5.80. The van der Waals surface area contributed by atoms with Crippen molar-refractivity contribution in [1.82, 2.24) is 15.6 Å². The van der Waals surface area contributed by atoms with Gasteiger partial charge < -0.3 is 15.1 Å². The molecule has 2 amide bonds. The molecule has 23 heavy (non-hydrogen) atoms. The number of nitrogens with zero attached hydrogens (tertiary/aromatic N) is 1. The van der Waals surface area contributed by atoms with Crippen LogP contribution in [0.2, 0.25) is 0 Å². The molecule has 0 saturated heterocycles. The van der Waals surface area contributed by atoms with E-state index in [1.54, 1.807) is 12.4 Å². The van der Waals surface area contributed by atoms with Gasteiger partial charge >= 0.3 is 6.03 Å². The highest BCUT2D eigenvalue weighted by Crippen LogP contribution is 2.41. The molecule has 0 saturated carbocycles. The van der Waals surface area contributed by atoms with Crippen LogP contribution in [0.3, 0.4) is 0 Å². The van der Waals surface area contributed by atoms with E-state index in [0.717, 1.165) is 35.5 Å². The van der Waals surface area contributed by atoms with Gasteiger partial charge in [-0.05, 0) is 36.5 Å². The second-order valence-electron chi connectivity index (χ2n) is 7.02. The number of hydrogen-bond donors (Lipinski definition) is 2. The Morgan fingerprint density at radius 2 is 2.30 bits per heavy atom. The smallest absolute Gasteiger partial charge is 0.315 e. The Hall–Kier alpha value is -2.30. The van der Waals surface area contributed by atoms with Gasteiger partial charge in [-0.3, -0.25) is 4.98 Å². The lowest BCUT2D eigenvalue weighted by Gasteiger charge is -2.34. The van der Waals surface area contributed by atoms with E-state index in [-0.39, 0.29) is 17.5 Å². The number of aromatic nitrogens is 1. The predicted molar refractivity (Wildman–Crippen MR) is 87.9 cm³/mol. The van der Waals surface area contributed by atoms with Crippen LogP contribution in [-0.4, -0.2) is 11.0 Å². The lowest BCUT2D eigenvalue weighted by atomic mass is 9.75. The monoisotopic (exact) mass is 313 g/mol.